The van der Waals surface area contributed by atoms with E-state index in [1.165, 1.54) is 21.5 Å². The van der Waals surface area contributed by atoms with Crippen LogP contribution in [0.25, 0.3) is 0 Å². The highest BCUT2D eigenvalue weighted by atomic mass is 28.4. The Hall–Kier alpha value is -2.53. The van der Waals surface area contributed by atoms with Crippen molar-refractivity contribution in [1.82, 2.24) is 4.90 Å². The maximum atomic E-state index is 13.4. The minimum absolute atomic E-state index is 0.0561. The molecular weight excluding hydrogens is 458 g/mol. The smallest absolute Gasteiger partial charge is 0.261 e. The number of carbonyl (C=O) groups is 1. The highest BCUT2D eigenvalue weighted by molar-refractivity contribution is 6.99. The minimum Gasteiger partial charge on any atom is -0.407 e. The van der Waals surface area contributed by atoms with Crippen LogP contribution in [-0.2, 0) is 17.3 Å². The van der Waals surface area contributed by atoms with Crippen LogP contribution >= 0.6 is 0 Å². The maximum absolute atomic E-state index is 13.4. The summed E-state index contributed by atoms with van der Waals surface area (Å²) in [5.41, 5.74) is 3.53. The molecule has 0 radical (unpaired) electrons. The normalized spacial score (nSPS) is 16.1. The lowest BCUT2D eigenvalue weighted by molar-refractivity contribution is 0.0971. The van der Waals surface area contributed by atoms with Gasteiger partial charge in [0.15, 0.2) is 5.78 Å². The lowest BCUT2D eigenvalue weighted by Crippen LogP contribution is -2.66. The summed E-state index contributed by atoms with van der Waals surface area (Å²) in [5, 5.41) is 2.50. The second kappa shape index (κ2) is 11.2. The van der Waals surface area contributed by atoms with E-state index in [0.29, 0.717) is 19.1 Å². The van der Waals surface area contributed by atoms with Gasteiger partial charge < -0.3 is 9.33 Å². The Morgan fingerprint density at radius 1 is 0.917 bits per heavy atom. The van der Waals surface area contributed by atoms with E-state index in [4.69, 9.17) is 4.43 Å². The molecule has 190 valence electrons. The van der Waals surface area contributed by atoms with Gasteiger partial charge in [-0.3, -0.25) is 4.79 Å². The van der Waals surface area contributed by atoms with E-state index in [-0.39, 0.29) is 10.8 Å². The Bertz CT molecular complexity index is 1110. The number of carbonyl (C=O) groups excluding carboxylic acids is 1. The number of likely N-dealkylation sites (N-methyl/N-ethyl adjacent to an activating group) is 1. The molecule has 36 heavy (non-hydrogen) atoms. The van der Waals surface area contributed by atoms with Crippen molar-refractivity contribution in [2.75, 3.05) is 20.7 Å². The van der Waals surface area contributed by atoms with Crippen LogP contribution in [-0.4, -0.2) is 45.7 Å². The predicted molar refractivity (Wildman–Crippen MR) is 153 cm³/mol. The molecule has 1 aliphatic rings. The zero-order valence-corrected chi connectivity index (χ0v) is 23.6. The average Bonchev–Trinajstić information content (AvgIpc) is 2.88. The Labute approximate surface area is 218 Å². The highest BCUT2D eigenvalue weighted by Gasteiger charge is 2.49. The van der Waals surface area contributed by atoms with Crippen molar-refractivity contribution < 1.29 is 9.22 Å². The number of ketones is 1. The number of Topliss-reactive ketones (excluding diaryl/α,β-unsaturated/α-hetero) is 1. The van der Waals surface area contributed by atoms with Crippen LogP contribution in [0, 0.1) is 0 Å². The molecule has 3 nitrogen and oxygen atoms in total. The molecule has 1 aliphatic carbocycles. The maximum Gasteiger partial charge on any atom is 0.261 e. The van der Waals surface area contributed by atoms with Crippen LogP contribution in [0.1, 0.15) is 61.5 Å². The Morgan fingerprint density at radius 2 is 1.53 bits per heavy atom. The van der Waals surface area contributed by atoms with E-state index >= 15 is 0 Å². The summed E-state index contributed by atoms with van der Waals surface area (Å²) in [6.07, 6.45) is 4.41. The van der Waals surface area contributed by atoms with Gasteiger partial charge in [-0.2, -0.15) is 0 Å². The average molecular weight is 500 g/mol. The minimum atomic E-state index is -2.56. The quantitative estimate of drug-likeness (QED) is 0.217. The van der Waals surface area contributed by atoms with E-state index in [1.807, 2.05) is 6.07 Å². The molecule has 0 aromatic heterocycles. The second-order valence-corrected chi connectivity index (χ2v) is 15.6. The number of hydrogen-bond donors (Lipinski definition) is 0. The molecule has 0 heterocycles. The second-order valence-electron chi connectivity index (χ2n) is 11.3. The van der Waals surface area contributed by atoms with Crippen molar-refractivity contribution in [2.24, 2.45) is 0 Å². The van der Waals surface area contributed by atoms with Crippen molar-refractivity contribution in [3.05, 3.63) is 95.6 Å². The lowest BCUT2D eigenvalue weighted by Gasteiger charge is -2.43. The van der Waals surface area contributed by atoms with Crippen LogP contribution in [0.4, 0.5) is 0 Å². The van der Waals surface area contributed by atoms with Gasteiger partial charge >= 0.3 is 0 Å². The standard InChI is InChI=1S/C32H41NO2Si/c1-32(2,3)36(27-15-8-6-9-16-27,28-17-10-7-11-18-28)35-23-13-20-31(34)29-19-12-14-25-21-22-26(33(4)5)24-30(25)29/h6-12,14-19,26H,13,20-24H2,1-5H3/t26-/m1/s1. The molecule has 0 amide bonds. The third-order valence-corrected chi connectivity index (χ3v) is 12.8. The van der Waals surface area contributed by atoms with Gasteiger partial charge in [0.05, 0.1) is 0 Å². The van der Waals surface area contributed by atoms with Crippen molar-refractivity contribution in [2.45, 2.75) is 64.0 Å². The fraction of sp³-hybridized carbons (Fsp3) is 0.406. The first-order valence-corrected chi connectivity index (χ1v) is 15.2. The van der Waals surface area contributed by atoms with Gasteiger partial charge in [0.2, 0.25) is 0 Å². The first kappa shape index (κ1) is 26.5. The monoisotopic (exact) mass is 499 g/mol. The predicted octanol–water partition coefficient (Wildman–Crippen LogP) is 5.65. The van der Waals surface area contributed by atoms with E-state index in [0.717, 1.165) is 31.2 Å². The number of rotatable bonds is 9. The molecule has 3 aromatic carbocycles. The van der Waals surface area contributed by atoms with E-state index in [1.54, 1.807) is 0 Å². The van der Waals surface area contributed by atoms with Crippen molar-refractivity contribution in [3.8, 4) is 0 Å². The first-order chi connectivity index (χ1) is 17.2. The van der Waals surface area contributed by atoms with E-state index in [9.17, 15) is 4.79 Å². The summed E-state index contributed by atoms with van der Waals surface area (Å²) in [4.78, 5) is 15.7. The molecule has 0 fully saturated rings. The molecule has 0 saturated heterocycles. The van der Waals surface area contributed by atoms with E-state index < -0.39 is 8.32 Å². The summed E-state index contributed by atoms with van der Waals surface area (Å²) >= 11 is 0. The van der Waals surface area contributed by atoms with Crippen molar-refractivity contribution in [1.29, 1.82) is 0 Å². The van der Waals surface area contributed by atoms with Gasteiger partial charge in [-0.15, -0.1) is 0 Å². The summed E-state index contributed by atoms with van der Waals surface area (Å²) in [6.45, 7) is 7.46. The van der Waals surface area contributed by atoms with Crippen molar-refractivity contribution in [3.63, 3.8) is 0 Å². The molecule has 0 aliphatic heterocycles. The number of nitrogens with zero attached hydrogens (tertiary/aromatic N) is 1. The summed E-state index contributed by atoms with van der Waals surface area (Å²) in [5.74, 6) is 0.248. The molecule has 0 N–H and O–H groups in total. The topological polar surface area (TPSA) is 29.5 Å². The van der Waals surface area contributed by atoms with Gasteiger partial charge in [-0.1, -0.05) is 99.6 Å². The van der Waals surface area contributed by atoms with Gasteiger partial charge in [-0.05, 0) is 66.3 Å². The van der Waals surface area contributed by atoms with Crippen LogP contribution in [0.3, 0.4) is 0 Å². The Morgan fingerprint density at radius 3 is 2.08 bits per heavy atom. The van der Waals surface area contributed by atoms with Gasteiger partial charge in [-0.25, -0.2) is 0 Å². The van der Waals surface area contributed by atoms with Crippen LogP contribution in [0.2, 0.25) is 5.04 Å². The SMILES string of the molecule is CN(C)[C@@H]1CCc2cccc(C(=O)CCCO[Si](c3ccccc3)(c3ccccc3)C(C)(C)C)c2C1. The fourth-order valence-corrected chi connectivity index (χ4v) is 10.4. The number of fused-ring (bicyclic) bond motifs is 1. The number of benzene rings is 3. The molecule has 0 spiro atoms. The molecule has 3 aromatic rings. The van der Waals surface area contributed by atoms with Crippen LogP contribution in [0.5, 0.6) is 0 Å². The zero-order valence-electron chi connectivity index (χ0n) is 22.6. The summed E-state index contributed by atoms with van der Waals surface area (Å²) in [7, 11) is 1.72. The molecule has 0 bridgehead atoms. The molecule has 1 atom stereocenters. The number of hydrogen-bond acceptors (Lipinski definition) is 3. The third-order valence-electron chi connectivity index (χ3n) is 7.77. The lowest BCUT2D eigenvalue weighted by atomic mass is 9.83. The van der Waals surface area contributed by atoms with Crippen LogP contribution < -0.4 is 10.4 Å². The summed E-state index contributed by atoms with van der Waals surface area (Å²) < 4.78 is 6.99. The molecule has 4 rings (SSSR count). The Kier molecular flexibility index (Phi) is 8.29. The Balaban J connectivity index is 1.52. The van der Waals surface area contributed by atoms with Crippen LogP contribution in [0.15, 0.2) is 78.9 Å². The first-order valence-electron chi connectivity index (χ1n) is 13.3. The number of aryl methyl sites for hydroxylation is 1. The molecule has 0 unspecified atom stereocenters. The highest BCUT2D eigenvalue weighted by Crippen LogP contribution is 2.37. The van der Waals surface area contributed by atoms with E-state index in [2.05, 4.69) is 113 Å². The zero-order chi connectivity index (χ0) is 25.8. The molecule has 4 heteroatoms. The molecule has 0 saturated carbocycles. The van der Waals surface area contributed by atoms with Gasteiger partial charge in [0.25, 0.3) is 8.32 Å². The van der Waals surface area contributed by atoms with Crippen molar-refractivity contribution >= 4 is 24.5 Å². The van der Waals surface area contributed by atoms with Gasteiger partial charge in [0.1, 0.15) is 0 Å². The largest absolute Gasteiger partial charge is 0.407 e. The van der Waals surface area contributed by atoms with Gasteiger partial charge in [0, 0.05) is 24.6 Å². The molecular formula is C32H41NO2Si. The summed E-state index contributed by atoms with van der Waals surface area (Å²) in [6, 6.07) is 28.2. The third kappa shape index (κ3) is 5.41. The fourth-order valence-electron chi connectivity index (χ4n) is 5.83.